The zero-order chi connectivity index (χ0) is 11.5. The van der Waals surface area contributed by atoms with Crippen molar-refractivity contribution in [3.63, 3.8) is 0 Å². The molecule has 1 heteroatoms. The lowest BCUT2D eigenvalue weighted by atomic mass is 9.93. The van der Waals surface area contributed by atoms with E-state index in [1.54, 1.807) is 0 Å². The Balaban J connectivity index is 0.000000342. The molecule has 0 aromatic heterocycles. The number of fused-ring (bicyclic) bond motifs is 1. The molecule has 2 rings (SSSR count). The Bertz CT molecular complexity index is 96.5. The minimum Gasteiger partial charge on any atom is -0.300 e. The van der Waals surface area contributed by atoms with Crippen molar-refractivity contribution in [3.05, 3.63) is 0 Å². The second kappa shape index (κ2) is 10.5. The van der Waals surface area contributed by atoms with Crippen molar-refractivity contribution in [2.45, 2.75) is 78.7 Å². The van der Waals surface area contributed by atoms with E-state index in [-0.39, 0.29) is 0 Å². The highest BCUT2D eigenvalue weighted by molar-refractivity contribution is 4.80. The predicted octanol–water partition coefficient (Wildman–Crippen LogP) is 4.47. The largest absolute Gasteiger partial charge is 0.300 e. The summed E-state index contributed by atoms with van der Waals surface area (Å²) in [6.45, 7) is 11.0. The first kappa shape index (κ1) is 15.0. The second-order valence-electron chi connectivity index (χ2n) is 4.39. The van der Waals surface area contributed by atoms with E-state index in [1.807, 2.05) is 13.8 Å². The maximum Gasteiger partial charge on any atom is 0.00952 e. The summed E-state index contributed by atoms with van der Waals surface area (Å²) in [7, 11) is 0. The molecule has 0 saturated carbocycles. The SMILES string of the molecule is C1CCN2CCCCC2C1.CC.CCC. The summed E-state index contributed by atoms with van der Waals surface area (Å²) in [6, 6.07) is 0.988. The first-order chi connectivity index (χ1) is 7.38. The monoisotopic (exact) mass is 213 g/mol. The van der Waals surface area contributed by atoms with E-state index in [9.17, 15) is 0 Å². The Morgan fingerprint density at radius 2 is 1.27 bits per heavy atom. The smallest absolute Gasteiger partial charge is 0.00952 e. The zero-order valence-corrected chi connectivity index (χ0v) is 11.4. The molecule has 0 aliphatic carbocycles. The molecule has 0 bridgehead atoms. The Labute approximate surface area is 97.2 Å². The summed E-state index contributed by atoms with van der Waals surface area (Å²) in [5.41, 5.74) is 0. The van der Waals surface area contributed by atoms with E-state index in [4.69, 9.17) is 0 Å². The van der Waals surface area contributed by atoms with Gasteiger partial charge in [0, 0.05) is 6.04 Å². The van der Waals surface area contributed by atoms with Gasteiger partial charge in [-0.25, -0.2) is 0 Å². The number of hydrogen-bond acceptors (Lipinski definition) is 1. The Morgan fingerprint density at radius 3 is 1.60 bits per heavy atom. The van der Waals surface area contributed by atoms with Gasteiger partial charge in [0.05, 0.1) is 0 Å². The molecule has 15 heavy (non-hydrogen) atoms. The van der Waals surface area contributed by atoms with Gasteiger partial charge in [0.1, 0.15) is 0 Å². The molecule has 0 atom stereocenters. The molecule has 1 nitrogen and oxygen atoms in total. The van der Waals surface area contributed by atoms with Gasteiger partial charge in [-0.05, 0) is 38.8 Å². The molecule has 2 aliphatic heterocycles. The molecule has 0 aromatic rings. The Hall–Kier alpha value is -0.0400. The molecular weight excluding hydrogens is 182 g/mol. The van der Waals surface area contributed by atoms with Gasteiger partial charge in [0.2, 0.25) is 0 Å². The van der Waals surface area contributed by atoms with Gasteiger partial charge in [0.15, 0.2) is 0 Å². The topological polar surface area (TPSA) is 3.24 Å². The fourth-order valence-electron chi connectivity index (χ4n) is 2.38. The van der Waals surface area contributed by atoms with Crippen LogP contribution in [0.3, 0.4) is 0 Å². The minimum atomic E-state index is 0.988. The average Bonchev–Trinajstić information content (AvgIpc) is 2.33. The third-order valence-corrected chi connectivity index (χ3v) is 2.98. The van der Waals surface area contributed by atoms with Gasteiger partial charge in [-0.3, -0.25) is 0 Å². The van der Waals surface area contributed by atoms with Crippen LogP contribution in [-0.4, -0.2) is 24.0 Å². The molecule has 92 valence electrons. The van der Waals surface area contributed by atoms with E-state index in [0.717, 1.165) is 6.04 Å². The van der Waals surface area contributed by atoms with Crippen LogP contribution in [0.2, 0.25) is 0 Å². The van der Waals surface area contributed by atoms with Crippen LogP contribution in [-0.2, 0) is 0 Å². The second-order valence-corrected chi connectivity index (χ2v) is 4.39. The summed E-state index contributed by atoms with van der Waals surface area (Å²) < 4.78 is 0. The summed E-state index contributed by atoms with van der Waals surface area (Å²) in [6.07, 6.45) is 10.1. The molecule has 2 saturated heterocycles. The molecule has 2 heterocycles. The summed E-state index contributed by atoms with van der Waals surface area (Å²) in [4.78, 5) is 2.70. The van der Waals surface area contributed by atoms with Crippen LogP contribution in [0.5, 0.6) is 0 Å². The summed E-state index contributed by atoms with van der Waals surface area (Å²) >= 11 is 0. The van der Waals surface area contributed by atoms with Crippen molar-refractivity contribution in [2.75, 3.05) is 13.1 Å². The summed E-state index contributed by atoms with van der Waals surface area (Å²) in [5, 5.41) is 0. The van der Waals surface area contributed by atoms with Crippen molar-refractivity contribution >= 4 is 0 Å². The Morgan fingerprint density at radius 1 is 0.867 bits per heavy atom. The third-order valence-electron chi connectivity index (χ3n) is 2.98. The van der Waals surface area contributed by atoms with Crippen molar-refractivity contribution in [3.8, 4) is 0 Å². The molecule has 2 aliphatic rings. The number of piperidine rings is 2. The molecule has 0 unspecified atom stereocenters. The number of hydrogen-bond donors (Lipinski definition) is 0. The zero-order valence-electron chi connectivity index (χ0n) is 11.4. The third kappa shape index (κ3) is 6.19. The standard InChI is InChI=1S/C9H17N.C3H8.C2H6/c1-3-7-10-8-4-2-6-9(10)5-1;1-3-2;1-2/h9H,1-8H2;3H2,1-2H3;1-2H3. The average molecular weight is 213 g/mol. The highest BCUT2D eigenvalue weighted by atomic mass is 15.2. The van der Waals surface area contributed by atoms with Gasteiger partial charge in [-0.2, -0.15) is 0 Å². The first-order valence-corrected chi connectivity index (χ1v) is 7.12. The fraction of sp³-hybridized carbons (Fsp3) is 1.00. The van der Waals surface area contributed by atoms with E-state index in [0.29, 0.717) is 0 Å². The molecule has 2 fully saturated rings. The molecule has 0 amide bonds. The highest BCUT2D eigenvalue weighted by Crippen LogP contribution is 2.25. The maximum atomic E-state index is 2.70. The van der Waals surface area contributed by atoms with Crippen LogP contribution in [0.1, 0.15) is 72.6 Å². The number of rotatable bonds is 0. The van der Waals surface area contributed by atoms with Gasteiger partial charge in [-0.15, -0.1) is 0 Å². The van der Waals surface area contributed by atoms with Gasteiger partial charge in [-0.1, -0.05) is 47.0 Å². The predicted molar refractivity (Wildman–Crippen MR) is 70.4 cm³/mol. The van der Waals surface area contributed by atoms with Gasteiger partial charge in [0.25, 0.3) is 0 Å². The van der Waals surface area contributed by atoms with Gasteiger partial charge >= 0.3 is 0 Å². The molecular formula is C14H31N. The lowest BCUT2D eigenvalue weighted by Gasteiger charge is -2.39. The molecule has 0 spiro atoms. The van der Waals surface area contributed by atoms with E-state index >= 15 is 0 Å². The van der Waals surface area contributed by atoms with E-state index in [2.05, 4.69) is 18.7 Å². The van der Waals surface area contributed by atoms with Gasteiger partial charge < -0.3 is 4.90 Å². The maximum absolute atomic E-state index is 2.70. The quantitative estimate of drug-likeness (QED) is 0.574. The molecule has 0 aromatic carbocycles. The van der Waals surface area contributed by atoms with Crippen molar-refractivity contribution < 1.29 is 0 Å². The first-order valence-electron chi connectivity index (χ1n) is 7.12. The minimum absolute atomic E-state index is 0.988. The van der Waals surface area contributed by atoms with Crippen molar-refractivity contribution in [2.24, 2.45) is 0 Å². The van der Waals surface area contributed by atoms with Crippen LogP contribution in [0.25, 0.3) is 0 Å². The van der Waals surface area contributed by atoms with Crippen LogP contribution in [0.4, 0.5) is 0 Å². The van der Waals surface area contributed by atoms with Crippen LogP contribution >= 0.6 is 0 Å². The highest BCUT2D eigenvalue weighted by Gasteiger charge is 2.24. The molecule has 0 N–H and O–H groups in total. The lowest BCUT2D eigenvalue weighted by molar-refractivity contribution is 0.109. The van der Waals surface area contributed by atoms with Crippen LogP contribution < -0.4 is 0 Å². The fourth-order valence-corrected chi connectivity index (χ4v) is 2.38. The van der Waals surface area contributed by atoms with Crippen molar-refractivity contribution in [1.82, 2.24) is 4.90 Å². The molecule has 0 radical (unpaired) electrons. The number of nitrogens with zero attached hydrogens (tertiary/aromatic N) is 1. The van der Waals surface area contributed by atoms with Crippen molar-refractivity contribution in [1.29, 1.82) is 0 Å². The van der Waals surface area contributed by atoms with Crippen LogP contribution in [0.15, 0.2) is 0 Å². The lowest BCUT2D eigenvalue weighted by Crippen LogP contribution is -2.42. The van der Waals surface area contributed by atoms with Crippen LogP contribution in [0, 0.1) is 0 Å². The Kier molecular flexibility index (Phi) is 10.4. The normalized spacial score (nSPS) is 21.6. The van der Waals surface area contributed by atoms with E-state index < -0.39 is 0 Å². The summed E-state index contributed by atoms with van der Waals surface area (Å²) in [5.74, 6) is 0. The van der Waals surface area contributed by atoms with E-state index in [1.165, 1.54) is 58.0 Å².